The predicted molar refractivity (Wildman–Crippen MR) is 80.2 cm³/mol. The maximum absolute atomic E-state index is 13.7. The van der Waals surface area contributed by atoms with E-state index >= 15 is 0 Å². The van der Waals surface area contributed by atoms with Crippen LogP contribution in [0.2, 0.25) is 0 Å². The molecule has 0 heterocycles. The monoisotopic (exact) mass is 523 g/mol. The third kappa shape index (κ3) is 4.80. The third-order valence-electron chi connectivity index (χ3n) is 3.53. The molecule has 0 saturated heterocycles. The van der Waals surface area contributed by atoms with Gasteiger partial charge in [0.05, 0.1) is 16.0 Å². The van der Waals surface area contributed by atoms with Crippen LogP contribution in [0.5, 0.6) is 0 Å². The highest BCUT2D eigenvalue weighted by molar-refractivity contribution is 8.04. The smallest absolute Gasteiger partial charge is 0.206 e. The van der Waals surface area contributed by atoms with Crippen LogP contribution in [0, 0.1) is 29.1 Å². The minimum absolute atomic E-state index is 0.352. The van der Waals surface area contributed by atoms with Gasteiger partial charge in [-0.2, -0.15) is 26.3 Å². The summed E-state index contributed by atoms with van der Waals surface area (Å²) in [5.74, 6) is -14.5. The van der Waals surface area contributed by atoms with Gasteiger partial charge in [0.15, 0.2) is 28.2 Å². The Morgan fingerprint density at radius 2 is 0.906 bits per heavy atom. The summed E-state index contributed by atoms with van der Waals surface area (Å²) in [4.78, 5) is -4.73. The van der Waals surface area contributed by atoms with E-state index < -0.39 is 101 Å². The first-order valence-electron chi connectivity index (χ1n) is 7.29. The van der Waals surface area contributed by atoms with Gasteiger partial charge < -0.3 is 0 Å². The molecule has 0 aliphatic carbocycles. The van der Waals surface area contributed by atoms with E-state index in [1.54, 1.807) is 0 Å². The van der Waals surface area contributed by atoms with E-state index in [9.17, 15) is 65.1 Å². The molecule has 2 aromatic carbocycles. The molecule has 0 fully saturated rings. The lowest BCUT2D eigenvalue weighted by Gasteiger charge is -2.15. The predicted octanol–water partition coefficient (Wildman–Crippen LogP) is 4.09. The quantitative estimate of drug-likeness (QED) is 0.372. The van der Waals surface area contributed by atoms with Crippen LogP contribution in [0.4, 0.5) is 48.3 Å². The Morgan fingerprint density at radius 3 is 1.25 bits per heavy atom. The van der Waals surface area contributed by atoms with E-state index in [0.29, 0.717) is 4.13 Å². The van der Waals surface area contributed by atoms with Crippen molar-refractivity contribution in [1.29, 1.82) is 0 Å². The van der Waals surface area contributed by atoms with Gasteiger partial charge >= 0.3 is 12.4 Å². The SMILES string of the molecule is O=S(=O)(NS(=O)(=O)c1c(F)c(F)c(F)c(F)c1F)c1cc(C(F)(F)F)cc(C(F)(F)F)c1. The van der Waals surface area contributed by atoms with E-state index in [1.807, 2.05) is 0 Å². The molecule has 0 spiro atoms. The van der Waals surface area contributed by atoms with Crippen LogP contribution in [-0.2, 0) is 32.4 Å². The van der Waals surface area contributed by atoms with Gasteiger partial charge in [-0.25, -0.2) is 38.8 Å². The molecule has 0 saturated carbocycles. The first-order valence-corrected chi connectivity index (χ1v) is 10.3. The molecule has 178 valence electrons. The van der Waals surface area contributed by atoms with Crippen LogP contribution in [0.15, 0.2) is 28.0 Å². The fourth-order valence-electron chi connectivity index (χ4n) is 2.14. The fraction of sp³-hybridized carbons (Fsp3) is 0.143. The maximum Gasteiger partial charge on any atom is 0.416 e. The summed E-state index contributed by atoms with van der Waals surface area (Å²) in [5.41, 5.74) is -4.41. The van der Waals surface area contributed by atoms with Crippen molar-refractivity contribution in [3.8, 4) is 0 Å². The minimum atomic E-state index is -6.28. The summed E-state index contributed by atoms with van der Waals surface area (Å²) in [6, 6.07) is -1.42. The lowest BCUT2D eigenvalue weighted by Crippen LogP contribution is -2.33. The van der Waals surface area contributed by atoms with Crippen LogP contribution in [0.1, 0.15) is 11.1 Å². The van der Waals surface area contributed by atoms with Crippen LogP contribution in [0.3, 0.4) is 0 Å². The summed E-state index contributed by atoms with van der Waals surface area (Å²) in [6.45, 7) is 0. The minimum Gasteiger partial charge on any atom is -0.206 e. The molecule has 0 aromatic heterocycles. The molecule has 1 N–H and O–H groups in total. The molecule has 32 heavy (non-hydrogen) atoms. The van der Waals surface area contributed by atoms with Crippen LogP contribution in [-0.4, -0.2) is 16.8 Å². The summed E-state index contributed by atoms with van der Waals surface area (Å²) in [5, 5.41) is 0. The first-order chi connectivity index (χ1) is 14.2. The zero-order chi connectivity index (χ0) is 25.0. The van der Waals surface area contributed by atoms with Crippen molar-refractivity contribution in [2.45, 2.75) is 22.1 Å². The van der Waals surface area contributed by atoms with Gasteiger partial charge in [0.25, 0.3) is 20.0 Å². The number of hydrogen-bond acceptors (Lipinski definition) is 4. The lowest BCUT2D eigenvalue weighted by atomic mass is 10.1. The zero-order valence-corrected chi connectivity index (χ0v) is 16.0. The van der Waals surface area contributed by atoms with Crippen LogP contribution >= 0.6 is 0 Å². The number of sulfonamides is 2. The highest BCUT2D eigenvalue weighted by Gasteiger charge is 2.40. The highest BCUT2D eigenvalue weighted by atomic mass is 32.3. The number of alkyl halides is 6. The van der Waals surface area contributed by atoms with E-state index in [4.69, 9.17) is 0 Å². The van der Waals surface area contributed by atoms with Gasteiger partial charge in [-0.3, -0.25) is 0 Å². The standard InChI is InChI=1S/C14H4F11NO4S2/c15-7-8(16)10(18)12(11(19)9(7)17)32(29,30)26-31(27,28)6-2-4(13(20,21)22)1-5(3-6)14(23,24)25/h1-3,26H. The summed E-state index contributed by atoms with van der Waals surface area (Å²) < 4.78 is 192. The van der Waals surface area contributed by atoms with E-state index in [1.165, 1.54) is 0 Å². The van der Waals surface area contributed by atoms with Gasteiger partial charge in [0.2, 0.25) is 5.82 Å². The molecule has 0 radical (unpaired) electrons. The number of halogens is 11. The Kier molecular flexibility index (Phi) is 6.31. The number of benzene rings is 2. The molecule has 0 aliphatic heterocycles. The van der Waals surface area contributed by atoms with Crippen molar-refractivity contribution in [3.63, 3.8) is 0 Å². The summed E-state index contributed by atoms with van der Waals surface area (Å²) >= 11 is 0. The van der Waals surface area contributed by atoms with Gasteiger partial charge in [0, 0.05) is 0 Å². The zero-order valence-electron chi connectivity index (χ0n) is 14.3. The van der Waals surface area contributed by atoms with Gasteiger partial charge in [-0.05, 0) is 18.2 Å². The molecule has 0 atom stereocenters. The van der Waals surface area contributed by atoms with E-state index in [2.05, 4.69) is 0 Å². The van der Waals surface area contributed by atoms with Crippen molar-refractivity contribution in [1.82, 2.24) is 4.13 Å². The normalized spacial score (nSPS) is 13.5. The number of rotatable bonds is 4. The Morgan fingerprint density at radius 1 is 0.562 bits per heavy atom. The van der Waals surface area contributed by atoms with Crippen LogP contribution < -0.4 is 4.13 Å². The van der Waals surface area contributed by atoms with Crippen molar-refractivity contribution >= 4 is 20.0 Å². The molecule has 2 rings (SSSR count). The first kappa shape index (κ1) is 25.8. The molecular formula is C14H4F11NO4S2. The number of nitrogens with one attached hydrogen (secondary N) is 1. The summed E-state index contributed by atoms with van der Waals surface area (Å²) in [7, 11) is -12.3. The molecule has 0 unspecified atom stereocenters. The van der Waals surface area contributed by atoms with Crippen molar-refractivity contribution < 1.29 is 65.1 Å². The van der Waals surface area contributed by atoms with Crippen LogP contribution in [0.25, 0.3) is 0 Å². The van der Waals surface area contributed by atoms with Crippen molar-refractivity contribution in [2.75, 3.05) is 0 Å². The van der Waals surface area contributed by atoms with Gasteiger partial charge in [-0.1, -0.05) is 0 Å². The Bertz CT molecular complexity index is 1240. The van der Waals surface area contributed by atoms with E-state index in [0.717, 1.165) is 0 Å². The maximum atomic E-state index is 13.7. The molecule has 5 nitrogen and oxygen atoms in total. The Hall–Kier alpha value is -2.47. The average molecular weight is 523 g/mol. The van der Waals surface area contributed by atoms with Gasteiger partial charge in [-0.15, -0.1) is 4.13 Å². The topological polar surface area (TPSA) is 80.3 Å². The number of hydrogen-bond donors (Lipinski definition) is 1. The Balaban J connectivity index is 2.72. The van der Waals surface area contributed by atoms with E-state index in [-0.39, 0.29) is 0 Å². The average Bonchev–Trinajstić information content (AvgIpc) is 2.62. The largest absolute Gasteiger partial charge is 0.416 e. The van der Waals surface area contributed by atoms with Gasteiger partial charge in [0.1, 0.15) is 0 Å². The highest BCUT2D eigenvalue weighted by Crippen LogP contribution is 2.37. The molecule has 2 aromatic rings. The molecular weight excluding hydrogens is 519 g/mol. The Labute approximate surface area is 170 Å². The summed E-state index contributed by atoms with van der Waals surface area (Å²) in [6.07, 6.45) is -11.1. The second-order valence-electron chi connectivity index (χ2n) is 5.73. The second-order valence-corrected chi connectivity index (χ2v) is 9.29. The van der Waals surface area contributed by atoms with Crippen molar-refractivity contribution in [2.24, 2.45) is 0 Å². The fourth-order valence-corrected chi connectivity index (χ4v) is 5.23. The van der Waals surface area contributed by atoms with Crippen molar-refractivity contribution in [3.05, 3.63) is 58.4 Å². The lowest BCUT2D eigenvalue weighted by molar-refractivity contribution is -0.143. The third-order valence-corrected chi connectivity index (χ3v) is 7.04. The molecule has 0 amide bonds. The molecule has 18 heteroatoms. The molecule has 0 aliphatic rings. The second kappa shape index (κ2) is 7.84. The molecule has 0 bridgehead atoms.